The van der Waals surface area contributed by atoms with Gasteiger partial charge in [0.2, 0.25) is 11.9 Å². The van der Waals surface area contributed by atoms with Crippen molar-refractivity contribution in [2.24, 2.45) is 0 Å². The van der Waals surface area contributed by atoms with Gasteiger partial charge in [-0.1, -0.05) is 151 Å². The van der Waals surface area contributed by atoms with Gasteiger partial charge in [-0.3, -0.25) is 9.13 Å². The zero-order chi connectivity index (χ0) is 62.8. The third-order valence-electron chi connectivity index (χ3n) is 13.3. The second-order valence-corrected chi connectivity index (χ2v) is 16.9. The summed E-state index contributed by atoms with van der Waals surface area (Å²) in [6, 6.07) is 18.7. The molecule has 0 spiro atoms. The van der Waals surface area contributed by atoms with Crippen LogP contribution >= 0.6 is 0 Å². The van der Waals surface area contributed by atoms with Crippen LogP contribution in [0.3, 0.4) is 0 Å². The van der Waals surface area contributed by atoms with Gasteiger partial charge in [-0.05, 0) is 72.7 Å². The van der Waals surface area contributed by atoms with Crippen LogP contribution in [0.5, 0.6) is 0 Å². The summed E-state index contributed by atoms with van der Waals surface area (Å²) in [6.45, 7) is 0. The summed E-state index contributed by atoms with van der Waals surface area (Å²) in [7, 11) is 0. The van der Waals surface area contributed by atoms with E-state index < -0.39 is 143 Å². The molecule has 0 N–H and O–H groups in total. The molecule has 0 saturated heterocycles. The number of benzene rings is 10. The molecule has 6 aromatic heterocycles. The van der Waals surface area contributed by atoms with Gasteiger partial charge in [-0.15, -0.1) is 0 Å². The average Bonchev–Trinajstić information content (AvgIpc) is 1.53. The van der Waals surface area contributed by atoms with E-state index in [0.717, 1.165) is 9.13 Å². The van der Waals surface area contributed by atoms with Crippen molar-refractivity contribution in [3.63, 3.8) is 0 Å². The molecule has 6 heterocycles. The topological polar surface area (TPSA) is 71.5 Å². The van der Waals surface area contributed by atoms with E-state index in [1.165, 1.54) is 0 Å². The number of aromatic nitrogens is 7. The lowest BCUT2D eigenvalue weighted by Crippen LogP contribution is -2.12. The largest absolute Gasteiger partial charge is 0.456 e. The van der Waals surface area contributed by atoms with Gasteiger partial charge >= 0.3 is 0 Å². The fourth-order valence-electron chi connectivity index (χ4n) is 10.5. The molecule has 0 bridgehead atoms. The molecule has 0 amide bonds. The van der Waals surface area contributed by atoms with E-state index in [2.05, 4.69) is 0 Å². The molecule has 0 unspecified atom stereocenters. The molecule has 16 aromatic rings. The Kier molecular flexibility index (Phi) is 4.95. The molecule has 0 saturated carbocycles. The summed E-state index contributed by atoms with van der Waals surface area (Å²) < 4.78 is 191. The van der Waals surface area contributed by atoms with Crippen molar-refractivity contribution in [3.8, 4) is 34.7 Å². The maximum atomic E-state index is 10.5. The quantitative estimate of drug-likeness (QED) is 0.172. The Bertz CT molecular complexity index is 5860. The molecule has 8 heteroatoms. The minimum atomic E-state index is -0.822. The van der Waals surface area contributed by atoms with E-state index in [4.69, 9.17) is 30.3 Å². The summed E-state index contributed by atoms with van der Waals surface area (Å²) in [5, 5.41) is 2.39. The van der Waals surface area contributed by atoms with Gasteiger partial charge in [0.15, 0.2) is 5.82 Å². The van der Waals surface area contributed by atoms with Crippen LogP contribution in [0.1, 0.15) is 26.0 Å². The van der Waals surface area contributed by atoms with Crippen LogP contribution in [-0.2, 0) is 0 Å². The van der Waals surface area contributed by atoms with Crippen LogP contribution in [0.15, 0.2) is 228 Å². The second-order valence-electron chi connectivity index (χ2n) is 16.9. The Labute approximate surface area is 430 Å². The first kappa shape index (κ1) is 24.5. The first-order valence-electron chi connectivity index (χ1n) is 31.9. The maximum absolute atomic E-state index is 10.5. The fraction of sp³-hybridized carbons (Fsp3) is 0. The van der Waals surface area contributed by atoms with Crippen LogP contribution in [-0.4, -0.2) is 33.2 Å². The lowest BCUT2D eigenvalue weighted by Gasteiger charge is -2.20. The lowest BCUT2D eigenvalue weighted by atomic mass is 10.1. The van der Waals surface area contributed by atoms with Crippen molar-refractivity contribution in [1.82, 2.24) is 33.2 Å². The molecule has 0 radical (unpaired) electrons. The number of para-hydroxylation sites is 8. The highest BCUT2D eigenvalue weighted by Crippen LogP contribution is 2.45. The average molecular weight is 927 g/mol. The predicted molar refractivity (Wildman–Crippen MR) is 290 cm³/mol. The van der Waals surface area contributed by atoms with Gasteiger partial charge in [0.25, 0.3) is 0 Å². The van der Waals surface area contributed by atoms with Crippen LogP contribution in [0.25, 0.3) is 144 Å². The number of rotatable bonds is 5. The minimum Gasteiger partial charge on any atom is -0.456 e. The Hall–Kier alpha value is -9.79. The summed E-state index contributed by atoms with van der Waals surface area (Å²) in [4.78, 5) is 15.7. The Morgan fingerprint density at radius 3 is 1.32 bits per heavy atom. The number of nitrogens with zero attached hydrogens (tertiary/aromatic N) is 7. The molecule has 16 rings (SSSR count). The first-order chi connectivity index (χ1) is 43.2. The number of hydrogen-bond donors (Lipinski definition) is 0. The monoisotopic (exact) mass is 926 g/mol. The lowest BCUT2D eigenvalue weighted by molar-refractivity contribution is 0.669. The molecule has 0 fully saturated rings. The molecule has 330 valence electrons. The number of furan rings is 1. The van der Waals surface area contributed by atoms with Crippen molar-refractivity contribution in [2.75, 3.05) is 0 Å². The van der Waals surface area contributed by atoms with E-state index in [1.807, 2.05) is 54.6 Å². The molecule has 0 aliphatic carbocycles. The molecule has 0 aliphatic rings. The van der Waals surface area contributed by atoms with E-state index >= 15 is 0 Å². The molecular weight excluding hydrogens is 871 g/mol. The Balaban J connectivity index is 1.22. The van der Waals surface area contributed by atoms with E-state index in [0.29, 0.717) is 65.6 Å². The van der Waals surface area contributed by atoms with Crippen molar-refractivity contribution >= 4 is 109 Å². The second kappa shape index (κ2) is 14.4. The first-order valence-corrected chi connectivity index (χ1v) is 22.4. The molecule has 0 atom stereocenters. The van der Waals surface area contributed by atoms with Crippen molar-refractivity contribution in [2.45, 2.75) is 0 Å². The summed E-state index contributed by atoms with van der Waals surface area (Å²) in [5.41, 5.74) is -0.184. The zero-order valence-electron chi connectivity index (χ0n) is 55.4. The number of hydrogen-bond acceptors (Lipinski definition) is 4. The van der Waals surface area contributed by atoms with Gasteiger partial charge in [0.1, 0.15) is 11.2 Å². The predicted octanol–water partition coefficient (Wildman–Crippen LogP) is 15.8. The summed E-state index contributed by atoms with van der Waals surface area (Å²) >= 11 is 0. The zero-order valence-corrected chi connectivity index (χ0v) is 36.4. The highest BCUT2D eigenvalue weighted by atomic mass is 16.3. The van der Waals surface area contributed by atoms with E-state index in [-0.39, 0.29) is 49.8 Å². The van der Waals surface area contributed by atoms with Crippen LogP contribution < -0.4 is 0 Å². The van der Waals surface area contributed by atoms with Gasteiger partial charge in [0, 0.05) is 48.5 Å². The maximum Gasteiger partial charge on any atom is 0.240 e. The number of fused-ring (bicyclic) bond motifs is 16. The minimum absolute atomic E-state index is 0.259. The fourth-order valence-corrected chi connectivity index (χ4v) is 10.5. The third kappa shape index (κ3) is 5.25. The Morgan fingerprint density at radius 1 is 0.324 bits per heavy atom. The smallest absolute Gasteiger partial charge is 0.240 e. The van der Waals surface area contributed by atoms with E-state index in [1.54, 1.807) is 63.7 Å². The molecule has 0 aliphatic heterocycles. The molecular formula is C63H37N7O. The van der Waals surface area contributed by atoms with Crippen molar-refractivity contribution < 1.29 is 30.5 Å². The van der Waals surface area contributed by atoms with Gasteiger partial charge in [-0.25, -0.2) is 0 Å². The SMILES string of the molecule is [2H]c1c([2H])c(-n2c3c([2H])c([2H])c([2H])c([2H])c3c3c([2H])c([2H])c([2H])c([2H])c32)c(-c2nc(-n3c4ccccc4c4ccccc43)nc(-n3c4c([2H])c([2H])c([2H])c([2H])c4c4c([2H])c([2H])c([2H])c([2H])c43)n2)c(-n2c3ccccc3c3ccc4oc5ccccc5c4c32)c1[2H]. The Morgan fingerprint density at radius 2 is 0.761 bits per heavy atom. The summed E-state index contributed by atoms with van der Waals surface area (Å²) in [5.74, 6) is -1.33. The van der Waals surface area contributed by atoms with Crippen molar-refractivity contribution in [1.29, 1.82) is 0 Å². The highest BCUT2D eigenvalue weighted by Gasteiger charge is 2.28. The van der Waals surface area contributed by atoms with Gasteiger partial charge in [-0.2, -0.15) is 15.0 Å². The molecule has 8 nitrogen and oxygen atoms in total. The van der Waals surface area contributed by atoms with Gasteiger partial charge < -0.3 is 13.6 Å². The van der Waals surface area contributed by atoms with E-state index in [9.17, 15) is 15.1 Å². The normalized spacial score (nSPS) is 16.0. The summed E-state index contributed by atoms with van der Waals surface area (Å²) in [6.07, 6.45) is 0. The van der Waals surface area contributed by atoms with Crippen LogP contribution in [0.4, 0.5) is 0 Å². The standard InChI is InChI=1S/C63H37N7O/c1-9-26-47-38(18-1)39-19-2-10-27-48(39)67(47)54-33-17-34-55(68-49-28-11-7-24-44(49)45-36-37-57-58(60(45)68)46-25-8-16-35-56(46)71-57)59(54)61-64-62(69-50-29-12-3-20-40(50)41-21-4-13-30-51(41)69)66-63(65-61)70-52-31-14-5-22-42(52)43-23-6-15-32-53(43)70/h1-37H/i1D,2D,3D,4D,9D,10D,12D,13D,17D,18D,19D,20D,21D,26D,27D,29D,30D,33D,34D. The third-order valence-corrected chi connectivity index (χ3v) is 13.3. The van der Waals surface area contributed by atoms with Gasteiger partial charge in [0.05, 0.1) is 92.5 Å². The molecule has 10 aromatic carbocycles. The highest BCUT2D eigenvalue weighted by molar-refractivity contribution is 6.25. The van der Waals surface area contributed by atoms with Crippen LogP contribution in [0.2, 0.25) is 0 Å². The van der Waals surface area contributed by atoms with Crippen LogP contribution in [0, 0.1) is 0 Å². The van der Waals surface area contributed by atoms with Crippen molar-refractivity contribution in [3.05, 3.63) is 224 Å². The molecule has 71 heavy (non-hydrogen) atoms.